The van der Waals surface area contributed by atoms with Gasteiger partial charge in [0, 0.05) is 24.3 Å². The van der Waals surface area contributed by atoms with E-state index in [9.17, 15) is 13.5 Å². The van der Waals surface area contributed by atoms with Crippen molar-refractivity contribution in [2.24, 2.45) is 16.8 Å². The third-order valence-electron chi connectivity index (χ3n) is 6.35. The van der Waals surface area contributed by atoms with Crippen LogP contribution < -0.4 is 0 Å². The van der Waals surface area contributed by atoms with Gasteiger partial charge in [-0.3, -0.25) is 4.99 Å². The summed E-state index contributed by atoms with van der Waals surface area (Å²) in [5.41, 5.74) is 1.90. The first kappa shape index (κ1) is 18.3. The summed E-state index contributed by atoms with van der Waals surface area (Å²) in [7, 11) is -3.49. The van der Waals surface area contributed by atoms with Gasteiger partial charge in [-0.15, -0.1) is 0 Å². The molecule has 28 heavy (non-hydrogen) atoms. The maximum absolute atomic E-state index is 12.9. The molecule has 0 amide bonds. The van der Waals surface area contributed by atoms with Crippen LogP contribution in [0.1, 0.15) is 29.5 Å². The maximum atomic E-state index is 12.9. The van der Waals surface area contributed by atoms with Crippen LogP contribution in [-0.4, -0.2) is 37.1 Å². The third-order valence-corrected chi connectivity index (χ3v) is 8.42. The van der Waals surface area contributed by atoms with Gasteiger partial charge in [0.1, 0.15) is 0 Å². The highest BCUT2D eigenvalue weighted by atomic mass is 35.5. The van der Waals surface area contributed by atoms with Gasteiger partial charge in [0.2, 0.25) is 10.0 Å². The molecule has 3 aliphatic rings. The lowest BCUT2D eigenvalue weighted by atomic mass is 9.85. The molecular weight excluding hydrogens is 396 g/mol. The fourth-order valence-electron chi connectivity index (χ4n) is 5.07. The van der Waals surface area contributed by atoms with Crippen molar-refractivity contribution in [3.63, 3.8) is 0 Å². The number of hydrogen-bond acceptors (Lipinski definition) is 4. The zero-order valence-electron chi connectivity index (χ0n) is 15.3. The molecule has 2 aliphatic heterocycles. The van der Waals surface area contributed by atoms with E-state index in [1.807, 2.05) is 18.2 Å². The summed E-state index contributed by atoms with van der Waals surface area (Å²) in [5.74, 6) is 0.279. The molecular formula is C21H21ClN2O3S. The molecule has 0 aromatic heterocycles. The predicted molar refractivity (Wildman–Crippen MR) is 108 cm³/mol. The monoisotopic (exact) mass is 416 g/mol. The lowest BCUT2D eigenvalue weighted by molar-refractivity contribution is 0.0330. The minimum absolute atomic E-state index is 0.139. The number of nitrogens with zero attached hydrogens (tertiary/aromatic N) is 2. The van der Waals surface area contributed by atoms with Gasteiger partial charge in [-0.05, 0) is 65.6 Å². The topological polar surface area (TPSA) is 70.0 Å². The Hall–Kier alpha value is -1.73. The second-order valence-electron chi connectivity index (χ2n) is 8.09. The van der Waals surface area contributed by atoms with Crippen LogP contribution in [-0.2, 0) is 22.2 Å². The summed E-state index contributed by atoms with van der Waals surface area (Å²) >= 11 is 6.28. The number of halogens is 1. The molecule has 1 aliphatic carbocycles. The lowest BCUT2D eigenvalue weighted by Gasteiger charge is -2.28. The van der Waals surface area contributed by atoms with Crippen LogP contribution in [0.25, 0.3) is 0 Å². The van der Waals surface area contributed by atoms with Crippen LogP contribution in [0.5, 0.6) is 0 Å². The van der Waals surface area contributed by atoms with Crippen molar-refractivity contribution in [2.75, 3.05) is 13.1 Å². The fourth-order valence-corrected chi connectivity index (χ4v) is 6.87. The first-order valence-electron chi connectivity index (χ1n) is 9.47. The highest BCUT2D eigenvalue weighted by molar-refractivity contribution is 7.89. The first-order valence-corrected chi connectivity index (χ1v) is 11.3. The van der Waals surface area contributed by atoms with Crippen LogP contribution in [0.4, 0.5) is 0 Å². The molecule has 5 nitrogen and oxygen atoms in total. The first-order chi connectivity index (χ1) is 13.4. The summed E-state index contributed by atoms with van der Waals surface area (Å²) < 4.78 is 27.4. The molecule has 2 heterocycles. The lowest BCUT2D eigenvalue weighted by Crippen LogP contribution is -2.33. The Bertz CT molecular complexity index is 1050. The third kappa shape index (κ3) is 2.82. The number of sulfonamides is 1. The van der Waals surface area contributed by atoms with Crippen LogP contribution in [0.3, 0.4) is 0 Å². The van der Waals surface area contributed by atoms with E-state index >= 15 is 0 Å². The Morgan fingerprint density at radius 1 is 1.11 bits per heavy atom. The number of rotatable bonds is 3. The van der Waals surface area contributed by atoms with E-state index in [0.717, 1.165) is 16.7 Å². The molecule has 146 valence electrons. The Morgan fingerprint density at radius 3 is 2.46 bits per heavy atom. The Labute approximate surface area is 169 Å². The van der Waals surface area contributed by atoms with Crippen LogP contribution >= 0.6 is 11.6 Å². The summed E-state index contributed by atoms with van der Waals surface area (Å²) in [5, 5.41) is 12.1. The van der Waals surface area contributed by atoms with Crippen molar-refractivity contribution < 1.29 is 13.5 Å². The number of fused-ring (bicyclic) bond motifs is 2. The Morgan fingerprint density at radius 2 is 1.79 bits per heavy atom. The van der Waals surface area contributed by atoms with Crippen molar-refractivity contribution in [3.05, 3.63) is 64.2 Å². The highest BCUT2D eigenvalue weighted by Crippen LogP contribution is 2.51. The largest absolute Gasteiger partial charge is 0.385 e. The van der Waals surface area contributed by atoms with E-state index in [1.54, 1.807) is 34.8 Å². The van der Waals surface area contributed by atoms with Crippen molar-refractivity contribution in [3.8, 4) is 0 Å². The van der Waals surface area contributed by atoms with E-state index < -0.39 is 15.6 Å². The zero-order valence-corrected chi connectivity index (χ0v) is 16.8. The molecule has 0 bridgehead atoms. The van der Waals surface area contributed by atoms with Crippen molar-refractivity contribution in [1.82, 2.24) is 4.31 Å². The predicted octanol–water partition coefficient (Wildman–Crippen LogP) is 3.19. The van der Waals surface area contributed by atoms with Gasteiger partial charge in [-0.2, -0.15) is 4.31 Å². The standard InChI is InChI=1S/C21H21ClN2O3S/c22-17-6-14-10-23-11-19(14)20(7-17)21(25)8-15-12-24(13-16(15)9-21)28(26,27)18-4-2-1-3-5-18/h1-7,10,15-16,25H,8-9,11-13H2/t15-,16+,21?. The van der Waals surface area contributed by atoms with E-state index in [0.29, 0.717) is 42.4 Å². The molecule has 2 aromatic rings. The molecule has 2 fully saturated rings. The zero-order chi connectivity index (χ0) is 19.5. The molecule has 0 spiro atoms. The molecule has 7 heteroatoms. The van der Waals surface area contributed by atoms with E-state index in [4.69, 9.17) is 11.6 Å². The fraction of sp³-hybridized carbons (Fsp3) is 0.381. The van der Waals surface area contributed by atoms with Crippen LogP contribution in [0, 0.1) is 11.8 Å². The Kier molecular flexibility index (Phi) is 4.18. The van der Waals surface area contributed by atoms with Crippen LogP contribution in [0.15, 0.2) is 52.4 Å². The van der Waals surface area contributed by atoms with Crippen molar-refractivity contribution in [1.29, 1.82) is 0 Å². The summed E-state index contributed by atoms with van der Waals surface area (Å²) in [6, 6.07) is 12.3. The number of benzene rings is 2. The van der Waals surface area contributed by atoms with Crippen molar-refractivity contribution >= 4 is 27.8 Å². The van der Waals surface area contributed by atoms with Gasteiger partial charge < -0.3 is 5.11 Å². The van der Waals surface area contributed by atoms with Gasteiger partial charge >= 0.3 is 0 Å². The van der Waals surface area contributed by atoms with Gasteiger partial charge in [0.05, 0.1) is 17.0 Å². The van der Waals surface area contributed by atoms with Gasteiger partial charge in [-0.25, -0.2) is 8.42 Å². The summed E-state index contributed by atoms with van der Waals surface area (Å²) in [6.07, 6.45) is 2.90. The molecule has 1 unspecified atom stereocenters. The average Bonchev–Trinajstić information content (AvgIpc) is 3.35. The minimum atomic E-state index is -3.49. The molecule has 1 saturated heterocycles. The Balaban J connectivity index is 1.40. The second-order valence-corrected chi connectivity index (χ2v) is 10.5. The SMILES string of the molecule is O=S(=O)(c1ccccc1)N1C[C@@H]2CC(O)(c3cc(Cl)cc4c3CN=C4)C[C@@H]2C1. The van der Waals surface area contributed by atoms with Gasteiger partial charge in [0.15, 0.2) is 0 Å². The number of aliphatic imine (C=N–C) groups is 1. The molecule has 1 N–H and O–H groups in total. The normalized spacial score (nSPS) is 29.2. The average molecular weight is 417 g/mol. The maximum Gasteiger partial charge on any atom is 0.243 e. The summed E-state index contributed by atoms with van der Waals surface area (Å²) in [4.78, 5) is 4.65. The number of aliphatic hydroxyl groups is 1. The quantitative estimate of drug-likeness (QED) is 0.835. The molecule has 3 atom stereocenters. The molecule has 0 radical (unpaired) electrons. The van der Waals surface area contributed by atoms with Crippen molar-refractivity contribution in [2.45, 2.75) is 29.9 Å². The number of hydrogen-bond donors (Lipinski definition) is 1. The molecule has 5 rings (SSSR count). The second kappa shape index (κ2) is 6.39. The molecule has 2 aromatic carbocycles. The smallest absolute Gasteiger partial charge is 0.243 e. The molecule has 1 saturated carbocycles. The van der Waals surface area contributed by atoms with Crippen LogP contribution in [0.2, 0.25) is 5.02 Å². The van der Waals surface area contributed by atoms with Gasteiger partial charge in [-0.1, -0.05) is 29.8 Å². The van der Waals surface area contributed by atoms with Gasteiger partial charge in [0.25, 0.3) is 0 Å². The van der Waals surface area contributed by atoms with E-state index in [2.05, 4.69) is 4.99 Å². The highest BCUT2D eigenvalue weighted by Gasteiger charge is 2.52. The summed E-state index contributed by atoms with van der Waals surface area (Å²) in [6.45, 7) is 1.46. The van der Waals surface area contributed by atoms with E-state index in [-0.39, 0.29) is 11.8 Å². The van der Waals surface area contributed by atoms with E-state index in [1.165, 1.54) is 0 Å². The minimum Gasteiger partial charge on any atom is -0.385 e.